The fraction of sp³-hybridized carbons (Fsp3) is 0.423. The predicted molar refractivity (Wildman–Crippen MR) is 130 cm³/mol. The number of hydrogen-bond donors (Lipinski definition) is 1. The van der Waals surface area contributed by atoms with E-state index in [1.165, 1.54) is 18.2 Å². The van der Waals surface area contributed by atoms with Gasteiger partial charge in [0.25, 0.3) is 0 Å². The molecule has 2 aliphatic rings. The first kappa shape index (κ1) is 27.4. The van der Waals surface area contributed by atoms with Crippen LogP contribution >= 0.6 is 0 Å². The second-order valence-corrected chi connectivity index (χ2v) is 10.9. The van der Waals surface area contributed by atoms with Crippen LogP contribution in [0.25, 0.3) is 0 Å². The number of aryl methyl sites for hydroxylation is 2. The van der Waals surface area contributed by atoms with E-state index in [2.05, 4.69) is 9.50 Å². The number of ether oxygens (including phenoxy) is 1. The van der Waals surface area contributed by atoms with Gasteiger partial charge in [-0.15, -0.1) is 0 Å². The lowest BCUT2D eigenvalue weighted by molar-refractivity contribution is -0.143. The first-order chi connectivity index (χ1) is 17.9. The van der Waals surface area contributed by atoms with Crippen LogP contribution in [0.5, 0.6) is 5.75 Å². The average molecular weight is 551 g/mol. The van der Waals surface area contributed by atoms with Gasteiger partial charge in [-0.2, -0.15) is 26.9 Å². The van der Waals surface area contributed by atoms with Crippen molar-refractivity contribution in [3.8, 4) is 11.8 Å². The van der Waals surface area contributed by atoms with E-state index in [9.17, 15) is 36.4 Å². The highest BCUT2D eigenvalue weighted by molar-refractivity contribution is 7.88. The van der Waals surface area contributed by atoms with Crippen molar-refractivity contribution in [1.82, 2.24) is 0 Å². The maximum Gasteiger partial charge on any atom is 0.534 e. The molecule has 8 nitrogen and oxygen atoms in total. The molecule has 0 radical (unpaired) electrons. The van der Waals surface area contributed by atoms with Gasteiger partial charge in [-0.3, -0.25) is 9.59 Å². The fourth-order valence-corrected chi connectivity index (χ4v) is 5.49. The van der Waals surface area contributed by atoms with Crippen molar-refractivity contribution in [1.29, 1.82) is 5.26 Å². The minimum Gasteiger partial charge on any atom is -0.466 e. The lowest BCUT2D eigenvalue weighted by Gasteiger charge is -2.16. The van der Waals surface area contributed by atoms with Crippen molar-refractivity contribution in [2.45, 2.75) is 56.4 Å². The summed E-state index contributed by atoms with van der Waals surface area (Å²) in [7, 11) is -5.82. The second kappa shape index (κ2) is 10.3. The van der Waals surface area contributed by atoms with Crippen LogP contribution < -0.4 is 9.50 Å². The number of halogens is 3. The summed E-state index contributed by atoms with van der Waals surface area (Å²) in [6.07, 6.45) is 2.77. The number of carbonyl (C=O) groups excluding carboxylic acids is 2. The number of anilines is 1. The summed E-state index contributed by atoms with van der Waals surface area (Å²) in [6.45, 7) is 2.01. The molecule has 0 unspecified atom stereocenters. The largest absolute Gasteiger partial charge is 0.534 e. The standard InChI is InChI=1S/C26H25F3N2O6S/c1-2-36-23(32)5-3-4-18-7-6-16(15-30)12-22(18)31-24(33)21-14-25(21)11-10-17-8-9-19(13-20(17)25)37-38(34,35)26(27,28)29/h6-9,12-13,21H,2-5,10-11,14H2,1H3,(H,31,33)/t21-,25-/m0/s1. The average Bonchev–Trinajstić information content (AvgIpc) is 3.48. The molecule has 12 heteroatoms. The number of fused-ring (bicyclic) bond motifs is 2. The summed E-state index contributed by atoms with van der Waals surface area (Å²) in [4.78, 5) is 24.9. The van der Waals surface area contributed by atoms with E-state index in [-0.39, 0.29) is 24.9 Å². The van der Waals surface area contributed by atoms with Crippen molar-refractivity contribution in [2.24, 2.45) is 5.92 Å². The van der Waals surface area contributed by atoms with Gasteiger partial charge in [-0.05, 0) is 80.0 Å². The van der Waals surface area contributed by atoms with E-state index in [1.807, 2.05) is 6.07 Å². The van der Waals surface area contributed by atoms with Crippen LogP contribution in [-0.4, -0.2) is 32.4 Å². The van der Waals surface area contributed by atoms with Crippen LogP contribution in [0.15, 0.2) is 36.4 Å². The van der Waals surface area contributed by atoms with Gasteiger partial charge in [0, 0.05) is 23.4 Å². The minimum absolute atomic E-state index is 0.207. The Kier molecular flexibility index (Phi) is 7.43. The van der Waals surface area contributed by atoms with Crippen LogP contribution in [-0.2, 0) is 42.7 Å². The molecule has 38 heavy (non-hydrogen) atoms. The van der Waals surface area contributed by atoms with Gasteiger partial charge in [0.05, 0.1) is 18.2 Å². The molecular formula is C26H25F3N2O6S. The summed E-state index contributed by atoms with van der Waals surface area (Å²) in [6, 6.07) is 10.9. The smallest absolute Gasteiger partial charge is 0.466 e. The van der Waals surface area contributed by atoms with Crippen molar-refractivity contribution < 1.29 is 40.1 Å². The molecule has 1 amide bonds. The summed E-state index contributed by atoms with van der Waals surface area (Å²) in [5, 5.41) is 12.2. The predicted octanol–water partition coefficient (Wildman–Crippen LogP) is 4.52. The van der Waals surface area contributed by atoms with Gasteiger partial charge in [-0.1, -0.05) is 12.1 Å². The molecule has 0 bridgehead atoms. The van der Waals surface area contributed by atoms with E-state index in [0.717, 1.165) is 11.1 Å². The number of esters is 1. The van der Waals surface area contributed by atoms with Crippen LogP contribution in [0.2, 0.25) is 0 Å². The molecule has 1 saturated carbocycles. The number of alkyl halides is 3. The quantitative estimate of drug-likeness (QED) is 0.277. The lowest BCUT2D eigenvalue weighted by Crippen LogP contribution is -2.28. The Hall–Kier alpha value is -3.59. The molecule has 2 aromatic carbocycles. The van der Waals surface area contributed by atoms with Gasteiger partial charge in [0.15, 0.2) is 0 Å². The van der Waals surface area contributed by atoms with E-state index in [1.54, 1.807) is 25.1 Å². The van der Waals surface area contributed by atoms with Gasteiger partial charge in [0.1, 0.15) is 5.75 Å². The lowest BCUT2D eigenvalue weighted by atomic mass is 9.94. The van der Waals surface area contributed by atoms with Crippen LogP contribution in [0.4, 0.5) is 18.9 Å². The Bertz CT molecular complexity index is 1420. The highest BCUT2D eigenvalue weighted by atomic mass is 32.2. The number of hydrogen-bond acceptors (Lipinski definition) is 7. The molecule has 2 aliphatic carbocycles. The second-order valence-electron chi connectivity index (χ2n) is 9.35. The Morgan fingerprint density at radius 2 is 1.97 bits per heavy atom. The zero-order valence-corrected chi connectivity index (χ0v) is 21.2. The zero-order chi connectivity index (χ0) is 27.7. The van der Waals surface area contributed by atoms with Crippen molar-refractivity contribution >= 4 is 27.7 Å². The van der Waals surface area contributed by atoms with Crippen molar-refractivity contribution in [2.75, 3.05) is 11.9 Å². The van der Waals surface area contributed by atoms with Gasteiger partial charge < -0.3 is 14.2 Å². The maximum absolute atomic E-state index is 13.3. The molecule has 2 atom stereocenters. The van der Waals surface area contributed by atoms with Crippen LogP contribution in [0.1, 0.15) is 54.9 Å². The SMILES string of the molecule is CCOC(=O)CCCc1ccc(C#N)cc1NC(=O)[C@@H]1C[C@]12CCc1ccc(OS(=O)(=O)C(F)(F)F)cc12. The van der Waals surface area contributed by atoms with Gasteiger partial charge in [-0.25, -0.2) is 0 Å². The maximum atomic E-state index is 13.3. The number of carbonyl (C=O) groups is 2. The topological polar surface area (TPSA) is 123 Å². The fourth-order valence-electron chi connectivity index (χ4n) is 5.03. The molecule has 4 rings (SSSR count). The molecular weight excluding hydrogens is 525 g/mol. The summed E-state index contributed by atoms with van der Waals surface area (Å²) in [5.74, 6) is -1.58. The third-order valence-corrected chi connectivity index (χ3v) is 7.95. The highest BCUT2D eigenvalue weighted by Crippen LogP contribution is 2.62. The highest BCUT2D eigenvalue weighted by Gasteiger charge is 2.61. The van der Waals surface area contributed by atoms with E-state index < -0.39 is 32.7 Å². The van der Waals surface area contributed by atoms with Crippen LogP contribution in [0.3, 0.4) is 0 Å². The zero-order valence-electron chi connectivity index (χ0n) is 20.4. The monoisotopic (exact) mass is 550 g/mol. The number of nitriles is 1. The molecule has 0 aliphatic heterocycles. The Balaban J connectivity index is 1.50. The molecule has 0 heterocycles. The Morgan fingerprint density at radius 3 is 2.66 bits per heavy atom. The van der Waals surface area contributed by atoms with E-state index >= 15 is 0 Å². The van der Waals surface area contributed by atoms with Crippen molar-refractivity contribution in [3.63, 3.8) is 0 Å². The summed E-state index contributed by atoms with van der Waals surface area (Å²) in [5.41, 5.74) is -3.22. The first-order valence-electron chi connectivity index (χ1n) is 12.0. The van der Waals surface area contributed by atoms with Gasteiger partial charge in [0.2, 0.25) is 5.91 Å². The normalized spacial score (nSPS) is 19.9. The molecule has 202 valence electrons. The van der Waals surface area contributed by atoms with E-state index in [0.29, 0.717) is 48.9 Å². The Labute approximate surface area is 217 Å². The number of benzene rings is 2. The summed E-state index contributed by atoms with van der Waals surface area (Å²) < 4.78 is 70.4. The molecule has 1 N–H and O–H groups in total. The van der Waals surface area contributed by atoms with Gasteiger partial charge >= 0.3 is 21.6 Å². The number of amides is 1. The third kappa shape index (κ3) is 5.48. The molecule has 2 aromatic rings. The van der Waals surface area contributed by atoms with Crippen molar-refractivity contribution in [3.05, 3.63) is 58.7 Å². The van der Waals surface area contributed by atoms with E-state index in [4.69, 9.17) is 4.74 Å². The number of rotatable bonds is 9. The summed E-state index contributed by atoms with van der Waals surface area (Å²) >= 11 is 0. The minimum atomic E-state index is -5.82. The number of nitrogens with zero attached hydrogens (tertiary/aromatic N) is 1. The first-order valence-corrected chi connectivity index (χ1v) is 13.4. The molecule has 1 fully saturated rings. The van der Waals surface area contributed by atoms with Crippen LogP contribution in [0, 0.1) is 17.2 Å². The molecule has 0 saturated heterocycles. The molecule has 1 spiro atoms. The Morgan fingerprint density at radius 1 is 1.21 bits per heavy atom. The third-order valence-electron chi connectivity index (χ3n) is 6.97. The number of nitrogens with one attached hydrogen (secondary N) is 1. The molecule has 0 aromatic heterocycles.